The Morgan fingerprint density at radius 1 is 1.22 bits per heavy atom. The molecule has 0 amide bonds. The van der Waals surface area contributed by atoms with Gasteiger partial charge in [0.2, 0.25) is 0 Å². The number of aromatic nitrogens is 1. The van der Waals surface area contributed by atoms with Crippen LogP contribution in [0.3, 0.4) is 0 Å². The summed E-state index contributed by atoms with van der Waals surface area (Å²) in [7, 11) is 0. The molecule has 0 fully saturated rings. The first-order chi connectivity index (χ1) is 8.43. The second kappa shape index (κ2) is 4.61. The molecule has 0 saturated heterocycles. The molecule has 1 aromatic carbocycles. The third-order valence-corrected chi connectivity index (χ3v) is 3.10. The van der Waals surface area contributed by atoms with E-state index in [0.717, 1.165) is 12.1 Å². The Hall–Kier alpha value is -1.56. The van der Waals surface area contributed by atoms with Crippen molar-refractivity contribution in [2.75, 3.05) is 0 Å². The van der Waals surface area contributed by atoms with Gasteiger partial charge in [0.05, 0.1) is 16.9 Å². The molecule has 0 aliphatic carbocycles. The lowest BCUT2D eigenvalue weighted by Gasteiger charge is -2.12. The molecule has 0 aliphatic heterocycles. The number of hydrogen-bond acceptors (Lipinski definition) is 1. The van der Waals surface area contributed by atoms with Gasteiger partial charge in [0.1, 0.15) is 0 Å². The van der Waals surface area contributed by atoms with Crippen LogP contribution in [0.5, 0.6) is 0 Å². The third-order valence-electron chi connectivity index (χ3n) is 2.43. The van der Waals surface area contributed by atoms with Gasteiger partial charge >= 0.3 is 6.18 Å². The normalized spacial score (nSPS) is 11.6. The van der Waals surface area contributed by atoms with Gasteiger partial charge < -0.3 is 4.57 Å². The predicted molar refractivity (Wildman–Crippen MR) is 63.9 cm³/mol. The second-order valence-corrected chi connectivity index (χ2v) is 4.44. The van der Waals surface area contributed by atoms with Gasteiger partial charge in [0.25, 0.3) is 0 Å². The summed E-state index contributed by atoms with van der Waals surface area (Å²) in [6.07, 6.45) is -2.29. The van der Waals surface area contributed by atoms with Crippen molar-refractivity contribution in [3.05, 3.63) is 52.3 Å². The van der Waals surface area contributed by atoms with Crippen LogP contribution in [-0.4, -0.2) is 10.9 Å². The van der Waals surface area contributed by atoms with Crippen molar-refractivity contribution in [3.8, 4) is 5.69 Å². The van der Waals surface area contributed by atoms with E-state index in [1.807, 2.05) is 0 Å². The lowest BCUT2D eigenvalue weighted by Crippen LogP contribution is -2.07. The molecule has 1 aromatic heterocycles. The van der Waals surface area contributed by atoms with E-state index in [-0.39, 0.29) is 11.4 Å². The van der Waals surface area contributed by atoms with Crippen molar-refractivity contribution in [2.24, 2.45) is 0 Å². The number of carbonyl (C=O) groups excluding carboxylic acids is 1. The molecule has 0 saturated carbocycles. The van der Waals surface area contributed by atoms with Gasteiger partial charge in [-0.2, -0.15) is 13.2 Å². The highest BCUT2D eigenvalue weighted by atomic mass is 79.9. The fourth-order valence-electron chi connectivity index (χ4n) is 1.58. The number of alkyl halides is 3. The minimum absolute atomic E-state index is 0.275. The van der Waals surface area contributed by atoms with E-state index in [4.69, 9.17) is 0 Å². The number of hydrogen-bond donors (Lipinski definition) is 0. The average Bonchev–Trinajstić information content (AvgIpc) is 2.76. The first-order valence-corrected chi connectivity index (χ1v) is 5.72. The van der Waals surface area contributed by atoms with Crippen LogP contribution < -0.4 is 0 Å². The molecule has 0 aliphatic rings. The highest BCUT2D eigenvalue weighted by Crippen LogP contribution is 2.33. The Morgan fingerprint density at radius 2 is 1.94 bits per heavy atom. The topological polar surface area (TPSA) is 22.0 Å². The molecule has 0 N–H and O–H groups in total. The van der Waals surface area contributed by atoms with Crippen molar-refractivity contribution in [1.29, 1.82) is 0 Å². The van der Waals surface area contributed by atoms with Crippen LogP contribution in [0.4, 0.5) is 13.2 Å². The minimum Gasteiger partial charge on any atom is -0.313 e. The van der Waals surface area contributed by atoms with E-state index < -0.39 is 11.7 Å². The largest absolute Gasteiger partial charge is 0.416 e. The van der Waals surface area contributed by atoms with E-state index in [1.165, 1.54) is 22.9 Å². The molecule has 0 spiro atoms. The summed E-state index contributed by atoms with van der Waals surface area (Å²) in [6.45, 7) is 0. The lowest BCUT2D eigenvalue weighted by atomic mass is 10.2. The Labute approximate surface area is 109 Å². The SMILES string of the molecule is O=Cc1cccn1-c1cc(C(F)(F)F)ccc1Br. The summed E-state index contributed by atoms with van der Waals surface area (Å²) in [5, 5.41) is 0. The van der Waals surface area contributed by atoms with Gasteiger partial charge in [-0.1, -0.05) is 0 Å². The molecule has 0 unspecified atom stereocenters. The molecular weight excluding hydrogens is 311 g/mol. The van der Waals surface area contributed by atoms with Crippen LogP contribution in [0.25, 0.3) is 5.69 Å². The molecule has 94 valence electrons. The highest BCUT2D eigenvalue weighted by Gasteiger charge is 2.31. The first-order valence-electron chi connectivity index (χ1n) is 4.93. The summed E-state index contributed by atoms with van der Waals surface area (Å²) in [4.78, 5) is 10.8. The maximum Gasteiger partial charge on any atom is 0.416 e. The van der Waals surface area contributed by atoms with Crippen LogP contribution in [0.15, 0.2) is 41.0 Å². The standard InChI is InChI=1S/C12H7BrF3NO/c13-10-4-3-8(12(14,15)16)6-11(10)17-5-1-2-9(17)7-18/h1-7H. The fraction of sp³-hybridized carbons (Fsp3) is 0.0833. The van der Waals surface area contributed by atoms with E-state index in [1.54, 1.807) is 6.07 Å². The summed E-state index contributed by atoms with van der Waals surface area (Å²) >= 11 is 3.18. The van der Waals surface area contributed by atoms with Crippen molar-refractivity contribution in [1.82, 2.24) is 4.57 Å². The maximum absolute atomic E-state index is 12.6. The molecule has 2 rings (SSSR count). The molecule has 0 radical (unpaired) electrons. The Bertz CT molecular complexity index is 589. The van der Waals surface area contributed by atoms with Gasteiger partial charge in [0.15, 0.2) is 6.29 Å². The highest BCUT2D eigenvalue weighted by molar-refractivity contribution is 9.10. The van der Waals surface area contributed by atoms with E-state index in [2.05, 4.69) is 15.9 Å². The number of benzene rings is 1. The fourth-order valence-corrected chi connectivity index (χ4v) is 2.02. The van der Waals surface area contributed by atoms with E-state index in [9.17, 15) is 18.0 Å². The second-order valence-electron chi connectivity index (χ2n) is 3.58. The van der Waals surface area contributed by atoms with Gasteiger partial charge in [-0.3, -0.25) is 4.79 Å². The predicted octanol–water partition coefficient (Wildman–Crippen LogP) is 4.07. The molecule has 2 nitrogen and oxygen atoms in total. The molecular formula is C12H7BrF3NO. The van der Waals surface area contributed by atoms with E-state index in [0.29, 0.717) is 10.8 Å². The summed E-state index contributed by atoms with van der Waals surface area (Å²) in [5.74, 6) is 0. The van der Waals surface area contributed by atoms with Crippen LogP contribution in [0.2, 0.25) is 0 Å². The molecule has 2 aromatic rings. The minimum atomic E-state index is -4.41. The number of rotatable bonds is 2. The zero-order valence-electron chi connectivity index (χ0n) is 8.91. The van der Waals surface area contributed by atoms with Crippen molar-refractivity contribution in [3.63, 3.8) is 0 Å². The van der Waals surface area contributed by atoms with Crippen LogP contribution in [0, 0.1) is 0 Å². The average molecular weight is 318 g/mol. The van der Waals surface area contributed by atoms with Gasteiger partial charge in [-0.05, 0) is 46.3 Å². The van der Waals surface area contributed by atoms with Crippen molar-refractivity contribution < 1.29 is 18.0 Å². The Morgan fingerprint density at radius 3 is 2.56 bits per heavy atom. The summed E-state index contributed by atoms with van der Waals surface area (Å²) in [6, 6.07) is 6.41. The number of carbonyl (C=O) groups is 1. The molecule has 0 bridgehead atoms. The maximum atomic E-state index is 12.6. The third kappa shape index (κ3) is 2.33. The molecule has 18 heavy (non-hydrogen) atoms. The summed E-state index contributed by atoms with van der Waals surface area (Å²) < 4.78 is 39.8. The smallest absolute Gasteiger partial charge is 0.313 e. The Kier molecular flexibility index (Phi) is 3.30. The van der Waals surface area contributed by atoms with Crippen molar-refractivity contribution >= 4 is 22.2 Å². The Balaban J connectivity index is 2.60. The number of halogens is 4. The van der Waals surface area contributed by atoms with Crippen LogP contribution >= 0.6 is 15.9 Å². The quantitative estimate of drug-likeness (QED) is 0.765. The van der Waals surface area contributed by atoms with Crippen molar-refractivity contribution in [2.45, 2.75) is 6.18 Å². The zero-order chi connectivity index (χ0) is 13.3. The summed E-state index contributed by atoms with van der Waals surface area (Å²) in [5.41, 5.74) is -0.196. The number of aldehydes is 1. The van der Waals surface area contributed by atoms with Crippen LogP contribution in [0.1, 0.15) is 16.1 Å². The number of nitrogens with zero attached hydrogens (tertiary/aromatic N) is 1. The van der Waals surface area contributed by atoms with Gasteiger partial charge in [0, 0.05) is 10.7 Å². The first kappa shape index (κ1) is 12.9. The van der Waals surface area contributed by atoms with Gasteiger partial charge in [-0.25, -0.2) is 0 Å². The molecule has 1 heterocycles. The lowest BCUT2D eigenvalue weighted by molar-refractivity contribution is -0.137. The zero-order valence-corrected chi connectivity index (χ0v) is 10.5. The molecule has 0 atom stereocenters. The molecule has 6 heteroatoms. The van der Waals surface area contributed by atoms with E-state index >= 15 is 0 Å². The monoisotopic (exact) mass is 317 g/mol. The van der Waals surface area contributed by atoms with Crippen LogP contribution in [-0.2, 0) is 6.18 Å². The van der Waals surface area contributed by atoms with Gasteiger partial charge in [-0.15, -0.1) is 0 Å².